The van der Waals surface area contributed by atoms with Gasteiger partial charge in [-0.1, -0.05) is 6.07 Å². The summed E-state index contributed by atoms with van der Waals surface area (Å²) in [4.78, 5) is 20.8. The minimum Gasteiger partial charge on any atom is -0.508 e. The summed E-state index contributed by atoms with van der Waals surface area (Å²) in [5, 5.41) is 16.8. The molecule has 3 rings (SSSR count). The minimum absolute atomic E-state index is 0.0836. The van der Waals surface area contributed by atoms with Crippen molar-refractivity contribution in [3.05, 3.63) is 28.8 Å². The monoisotopic (exact) mass is 401 g/mol. The number of guanidine groups is 1. The van der Waals surface area contributed by atoms with Crippen molar-refractivity contribution in [2.75, 3.05) is 39.8 Å². The number of fused-ring (bicyclic) bond motifs is 1. The second-order valence-corrected chi connectivity index (χ2v) is 8.29. The Hall–Kier alpha value is -2.28. The van der Waals surface area contributed by atoms with Gasteiger partial charge in [-0.05, 0) is 56.7 Å². The van der Waals surface area contributed by atoms with Crippen LogP contribution in [0.2, 0.25) is 0 Å². The van der Waals surface area contributed by atoms with E-state index < -0.39 is 0 Å². The predicted molar refractivity (Wildman–Crippen MR) is 116 cm³/mol. The van der Waals surface area contributed by atoms with Crippen LogP contribution in [0.4, 0.5) is 0 Å². The van der Waals surface area contributed by atoms with Crippen molar-refractivity contribution in [1.82, 2.24) is 20.4 Å². The molecule has 1 aromatic rings. The standard InChI is InChI=1S/C22H35N5O2/c1-16(2)25-21(29)15-26-10-12-27(13-11-26)22(23-3)24-14-19-18-7-5-4-6-17(18)8-9-20(19)28/h8-9,16,28H,4-7,10-15H2,1-3H3,(H,23,24)(H,25,29). The molecule has 0 saturated carbocycles. The van der Waals surface area contributed by atoms with Crippen molar-refractivity contribution >= 4 is 11.9 Å². The highest BCUT2D eigenvalue weighted by Gasteiger charge is 2.22. The number of benzene rings is 1. The zero-order valence-corrected chi connectivity index (χ0v) is 18.0. The molecule has 160 valence electrons. The van der Waals surface area contributed by atoms with Crippen LogP contribution in [0.25, 0.3) is 0 Å². The van der Waals surface area contributed by atoms with E-state index in [0.29, 0.717) is 18.8 Å². The SMILES string of the molecule is CN=C(NCc1c(O)ccc2c1CCCC2)N1CCN(CC(=O)NC(C)C)CC1. The number of carbonyl (C=O) groups is 1. The number of hydrogen-bond acceptors (Lipinski definition) is 4. The molecule has 1 fully saturated rings. The third-order valence-corrected chi connectivity index (χ3v) is 5.75. The average Bonchev–Trinajstić information content (AvgIpc) is 2.70. The summed E-state index contributed by atoms with van der Waals surface area (Å²) in [5.41, 5.74) is 3.68. The maximum Gasteiger partial charge on any atom is 0.234 e. The van der Waals surface area contributed by atoms with Crippen LogP contribution >= 0.6 is 0 Å². The topological polar surface area (TPSA) is 80.2 Å². The van der Waals surface area contributed by atoms with E-state index in [1.807, 2.05) is 19.9 Å². The van der Waals surface area contributed by atoms with E-state index >= 15 is 0 Å². The van der Waals surface area contributed by atoms with Crippen LogP contribution in [-0.4, -0.2) is 72.6 Å². The van der Waals surface area contributed by atoms with Crippen LogP contribution in [-0.2, 0) is 24.2 Å². The van der Waals surface area contributed by atoms with Gasteiger partial charge in [0.05, 0.1) is 6.54 Å². The van der Waals surface area contributed by atoms with Crippen LogP contribution < -0.4 is 10.6 Å². The van der Waals surface area contributed by atoms with Gasteiger partial charge in [0.1, 0.15) is 5.75 Å². The minimum atomic E-state index is 0.0836. The average molecular weight is 402 g/mol. The molecule has 7 heteroatoms. The summed E-state index contributed by atoms with van der Waals surface area (Å²) in [5.74, 6) is 1.30. The molecule has 0 unspecified atom stereocenters. The van der Waals surface area contributed by atoms with Gasteiger partial charge in [-0.25, -0.2) is 0 Å². The lowest BCUT2D eigenvalue weighted by molar-refractivity contribution is -0.123. The maximum absolute atomic E-state index is 12.0. The van der Waals surface area contributed by atoms with Gasteiger partial charge in [0, 0.05) is 51.4 Å². The van der Waals surface area contributed by atoms with Crippen molar-refractivity contribution in [2.45, 2.75) is 52.1 Å². The third-order valence-electron chi connectivity index (χ3n) is 5.75. The van der Waals surface area contributed by atoms with E-state index in [-0.39, 0.29) is 11.9 Å². The lowest BCUT2D eigenvalue weighted by Gasteiger charge is -2.36. The molecule has 3 N–H and O–H groups in total. The second-order valence-electron chi connectivity index (χ2n) is 8.29. The van der Waals surface area contributed by atoms with Crippen LogP contribution in [0.5, 0.6) is 5.75 Å². The van der Waals surface area contributed by atoms with E-state index in [9.17, 15) is 9.90 Å². The van der Waals surface area contributed by atoms with Crippen LogP contribution in [0.15, 0.2) is 17.1 Å². The summed E-state index contributed by atoms with van der Waals surface area (Å²) < 4.78 is 0. The Kier molecular flexibility index (Phi) is 7.36. The van der Waals surface area contributed by atoms with Gasteiger partial charge < -0.3 is 20.6 Å². The number of carbonyl (C=O) groups excluding carboxylic acids is 1. The Balaban J connectivity index is 1.54. The number of phenols is 1. The van der Waals surface area contributed by atoms with Crippen molar-refractivity contribution in [3.63, 3.8) is 0 Å². The number of phenolic OH excluding ortho intramolecular Hbond substituents is 1. The van der Waals surface area contributed by atoms with E-state index in [4.69, 9.17) is 0 Å². The lowest BCUT2D eigenvalue weighted by Crippen LogP contribution is -2.54. The van der Waals surface area contributed by atoms with Crippen LogP contribution in [0.1, 0.15) is 43.4 Å². The number of nitrogens with zero attached hydrogens (tertiary/aromatic N) is 3. The smallest absolute Gasteiger partial charge is 0.234 e. The number of aryl methyl sites for hydroxylation is 1. The van der Waals surface area contributed by atoms with Crippen LogP contribution in [0.3, 0.4) is 0 Å². The number of rotatable bonds is 5. The maximum atomic E-state index is 12.0. The molecule has 0 radical (unpaired) electrons. The highest BCUT2D eigenvalue weighted by atomic mass is 16.3. The molecule has 29 heavy (non-hydrogen) atoms. The Morgan fingerprint density at radius 1 is 1.17 bits per heavy atom. The van der Waals surface area contributed by atoms with Crippen molar-refractivity contribution in [1.29, 1.82) is 0 Å². The number of nitrogens with one attached hydrogen (secondary N) is 2. The van der Waals surface area contributed by atoms with Gasteiger partial charge in [-0.2, -0.15) is 0 Å². The van der Waals surface area contributed by atoms with E-state index in [1.165, 1.54) is 24.0 Å². The van der Waals surface area contributed by atoms with Gasteiger partial charge >= 0.3 is 0 Å². The van der Waals surface area contributed by atoms with Crippen molar-refractivity contribution in [2.24, 2.45) is 4.99 Å². The van der Waals surface area contributed by atoms with Crippen molar-refractivity contribution in [3.8, 4) is 5.75 Å². The molecule has 0 bridgehead atoms. The van der Waals surface area contributed by atoms with Crippen LogP contribution in [0, 0.1) is 0 Å². The fourth-order valence-corrected chi connectivity index (χ4v) is 4.28. The predicted octanol–water partition coefficient (Wildman–Crippen LogP) is 1.49. The number of hydrogen-bond donors (Lipinski definition) is 3. The van der Waals surface area contributed by atoms with Gasteiger partial charge in [0.25, 0.3) is 0 Å². The molecule has 1 saturated heterocycles. The Labute approximate surface area is 174 Å². The first-order valence-corrected chi connectivity index (χ1v) is 10.8. The normalized spacial score (nSPS) is 17.9. The first-order chi connectivity index (χ1) is 14.0. The van der Waals surface area contributed by atoms with E-state index in [2.05, 4.69) is 31.5 Å². The fraction of sp³-hybridized carbons (Fsp3) is 0.636. The molecule has 7 nitrogen and oxygen atoms in total. The Morgan fingerprint density at radius 3 is 2.59 bits per heavy atom. The number of aliphatic imine (C=N–C) groups is 1. The number of amides is 1. The fourth-order valence-electron chi connectivity index (χ4n) is 4.28. The zero-order valence-electron chi connectivity index (χ0n) is 18.0. The van der Waals surface area contributed by atoms with E-state index in [0.717, 1.165) is 50.5 Å². The molecule has 0 spiro atoms. The Morgan fingerprint density at radius 2 is 1.90 bits per heavy atom. The van der Waals surface area contributed by atoms with Crippen molar-refractivity contribution < 1.29 is 9.90 Å². The third kappa shape index (κ3) is 5.63. The molecule has 0 atom stereocenters. The van der Waals surface area contributed by atoms with Gasteiger partial charge in [0.2, 0.25) is 5.91 Å². The number of piperazine rings is 1. The van der Waals surface area contributed by atoms with Gasteiger partial charge in [-0.15, -0.1) is 0 Å². The molecular weight excluding hydrogens is 366 g/mol. The van der Waals surface area contributed by atoms with Gasteiger partial charge in [0.15, 0.2) is 5.96 Å². The molecule has 2 aliphatic rings. The molecular formula is C22H35N5O2. The highest BCUT2D eigenvalue weighted by Crippen LogP contribution is 2.30. The Bertz CT molecular complexity index is 739. The van der Waals surface area contributed by atoms with E-state index in [1.54, 1.807) is 7.05 Å². The summed E-state index contributed by atoms with van der Waals surface area (Å²) in [6.45, 7) is 8.30. The first kappa shape index (κ1) is 21.4. The molecule has 1 aromatic carbocycles. The molecule has 1 amide bonds. The summed E-state index contributed by atoms with van der Waals surface area (Å²) in [7, 11) is 1.80. The molecule has 1 aliphatic carbocycles. The quantitative estimate of drug-likeness (QED) is 0.515. The summed E-state index contributed by atoms with van der Waals surface area (Å²) in [6, 6.07) is 4.06. The molecule has 1 aliphatic heterocycles. The second kappa shape index (κ2) is 9.96. The zero-order chi connectivity index (χ0) is 20.8. The summed E-state index contributed by atoms with van der Waals surface area (Å²) in [6.07, 6.45) is 4.55. The first-order valence-electron chi connectivity index (χ1n) is 10.8. The number of aromatic hydroxyl groups is 1. The van der Waals surface area contributed by atoms with Gasteiger partial charge in [-0.3, -0.25) is 14.7 Å². The largest absolute Gasteiger partial charge is 0.508 e. The summed E-state index contributed by atoms with van der Waals surface area (Å²) >= 11 is 0. The molecule has 1 heterocycles. The highest BCUT2D eigenvalue weighted by molar-refractivity contribution is 5.80. The lowest BCUT2D eigenvalue weighted by atomic mass is 9.88. The molecule has 0 aromatic heterocycles.